The van der Waals surface area contributed by atoms with Crippen LogP contribution in [0.3, 0.4) is 0 Å². The molecule has 14 nitrogen and oxygen atoms in total. The second-order valence-corrected chi connectivity index (χ2v) is 13.8. The Bertz CT molecular complexity index is 2170. The molecular weight excluding hydrogens is 676 g/mol. The number of carbonyl (C=O) groups is 2. The molecule has 6 rings (SSSR count). The number of ether oxygens (including phenoxy) is 3. The van der Waals surface area contributed by atoms with Crippen LogP contribution in [0, 0.1) is 25.2 Å². The number of fused-ring (bicyclic) bond motifs is 1. The van der Waals surface area contributed by atoms with Crippen molar-refractivity contribution in [2.75, 3.05) is 49.7 Å². The van der Waals surface area contributed by atoms with Gasteiger partial charge in [-0.15, -0.1) is 0 Å². The predicted octanol–water partition coefficient (Wildman–Crippen LogP) is 4.27. The molecule has 1 fully saturated rings. The molecular formula is C36H36N6O8S. The van der Waals surface area contributed by atoms with Gasteiger partial charge >= 0.3 is 6.09 Å². The Morgan fingerprint density at radius 3 is 2.35 bits per heavy atom. The fourth-order valence-electron chi connectivity index (χ4n) is 7.06. The van der Waals surface area contributed by atoms with Gasteiger partial charge in [0.2, 0.25) is 5.95 Å². The molecule has 0 spiro atoms. The molecule has 1 aromatic heterocycles. The molecule has 3 heterocycles. The number of anilines is 2. The Balaban J connectivity index is 1.69. The van der Waals surface area contributed by atoms with Crippen LogP contribution in [-0.2, 0) is 20.2 Å². The molecule has 15 heteroatoms. The molecule has 2 unspecified atom stereocenters. The number of nitrogens with zero attached hydrogens (tertiary/aromatic N) is 6. The fourth-order valence-corrected chi connectivity index (χ4v) is 8.67. The van der Waals surface area contributed by atoms with Crippen molar-refractivity contribution in [1.82, 2.24) is 14.9 Å². The van der Waals surface area contributed by atoms with Crippen molar-refractivity contribution >= 4 is 33.7 Å². The SMILES string of the molecule is CCOc1ccccc1C1(C2CN(c3nc(C)cc(C)n3)CCN2C(=O)O)C(=O)N(S(=O)(=O)c2ccc(OC)cc2OC)c2ccc(C#N)cc21. The monoisotopic (exact) mass is 712 g/mol. The number of carboxylic acid groups (broad SMARTS) is 1. The molecule has 1 saturated heterocycles. The molecule has 2 amide bonds. The maximum atomic E-state index is 15.7. The molecule has 1 N–H and O–H groups in total. The third-order valence-corrected chi connectivity index (χ3v) is 10.9. The van der Waals surface area contributed by atoms with E-state index in [1.54, 1.807) is 36.1 Å². The number of piperazine rings is 1. The summed E-state index contributed by atoms with van der Waals surface area (Å²) in [4.78, 5) is 40.7. The summed E-state index contributed by atoms with van der Waals surface area (Å²) in [5.41, 5.74) is -0.241. The third kappa shape index (κ3) is 5.71. The van der Waals surface area contributed by atoms with E-state index in [2.05, 4.69) is 16.0 Å². The topological polar surface area (TPSA) is 175 Å². The molecule has 2 atom stereocenters. The average molecular weight is 713 g/mol. The van der Waals surface area contributed by atoms with Gasteiger partial charge in [0.15, 0.2) is 0 Å². The number of hydrogen-bond donors (Lipinski definition) is 1. The minimum absolute atomic E-state index is 0.0479. The lowest BCUT2D eigenvalue weighted by Gasteiger charge is -2.48. The summed E-state index contributed by atoms with van der Waals surface area (Å²) in [6.07, 6.45) is -1.32. The van der Waals surface area contributed by atoms with Crippen LogP contribution < -0.4 is 23.4 Å². The average Bonchev–Trinajstić information content (AvgIpc) is 3.39. The van der Waals surface area contributed by atoms with Gasteiger partial charge in [-0.3, -0.25) is 4.79 Å². The number of nitriles is 1. The first-order valence-corrected chi connectivity index (χ1v) is 17.5. The number of methoxy groups -OCH3 is 2. The number of hydrogen-bond acceptors (Lipinski definition) is 11. The number of rotatable bonds is 9. The summed E-state index contributed by atoms with van der Waals surface area (Å²) < 4.78 is 47.2. The van der Waals surface area contributed by atoms with Crippen molar-refractivity contribution in [2.45, 2.75) is 37.1 Å². The zero-order valence-corrected chi connectivity index (χ0v) is 29.5. The molecule has 0 radical (unpaired) electrons. The van der Waals surface area contributed by atoms with Crippen LogP contribution in [0.1, 0.15) is 35.0 Å². The predicted molar refractivity (Wildman–Crippen MR) is 186 cm³/mol. The fraction of sp³-hybridized carbons (Fsp3) is 0.306. The normalized spacial score (nSPS) is 18.6. The van der Waals surface area contributed by atoms with Crippen LogP contribution in [0.2, 0.25) is 0 Å². The summed E-state index contributed by atoms with van der Waals surface area (Å²) in [5.74, 6) is -0.136. The number of carbonyl (C=O) groups excluding carboxylic acids is 1. The Labute approximate surface area is 295 Å². The van der Waals surface area contributed by atoms with Crippen LogP contribution in [-0.4, -0.2) is 86.9 Å². The molecule has 51 heavy (non-hydrogen) atoms. The van der Waals surface area contributed by atoms with Crippen LogP contribution in [0.15, 0.2) is 71.6 Å². The van der Waals surface area contributed by atoms with Gasteiger partial charge in [-0.05, 0) is 63.2 Å². The maximum Gasteiger partial charge on any atom is 0.407 e. The van der Waals surface area contributed by atoms with E-state index in [1.807, 2.05) is 19.9 Å². The number of sulfonamides is 1. The summed E-state index contributed by atoms with van der Waals surface area (Å²) in [7, 11) is -2.05. The van der Waals surface area contributed by atoms with Gasteiger partial charge in [0.25, 0.3) is 15.9 Å². The highest BCUT2D eigenvalue weighted by molar-refractivity contribution is 7.93. The standard InChI is InChI=1S/C36H36N6O8S/c1-6-50-29-10-8-7-9-26(29)36(32-21-40(15-16-41(32)35(44)45)34-38-22(2)17-23(3)39-34)27-18-24(20-37)11-13-28(27)42(33(36)43)51(46,47)31-14-12-25(48-4)19-30(31)49-5/h7-14,17-19,32H,6,15-16,21H2,1-5H3,(H,44,45). The van der Waals surface area contributed by atoms with Crippen molar-refractivity contribution in [3.05, 3.63) is 94.8 Å². The van der Waals surface area contributed by atoms with E-state index in [4.69, 9.17) is 14.2 Å². The largest absolute Gasteiger partial charge is 0.497 e. The van der Waals surface area contributed by atoms with Gasteiger partial charge in [-0.25, -0.2) is 27.5 Å². The van der Waals surface area contributed by atoms with Gasteiger partial charge in [-0.1, -0.05) is 18.2 Å². The Kier molecular flexibility index (Phi) is 9.22. The Hall–Kier alpha value is -5.88. The van der Waals surface area contributed by atoms with Crippen molar-refractivity contribution in [3.63, 3.8) is 0 Å². The van der Waals surface area contributed by atoms with E-state index < -0.39 is 33.5 Å². The first-order valence-electron chi connectivity index (χ1n) is 16.1. The Morgan fingerprint density at radius 1 is 0.980 bits per heavy atom. The van der Waals surface area contributed by atoms with Crippen molar-refractivity contribution in [3.8, 4) is 23.3 Å². The van der Waals surface area contributed by atoms with Crippen molar-refractivity contribution in [2.24, 2.45) is 0 Å². The van der Waals surface area contributed by atoms with Gasteiger partial charge < -0.3 is 29.1 Å². The lowest BCUT2D eigenvalue weighted by molar-refractivity contribution is -0.122. The Morgan fingerprint density at radius 2 is 1.71 bits per heavy atom. The van der Waals surface area contributed by atoms with Gasteiger partial charge in [0, 0.05) is 48.2 Å². The number of para-hydroxylation sites is 1. The van der Waals surface area contributed by atoms with Crippen LogP contribution in [0.4, 0.5) is 16.4 Å². The maximum absolute atomic E-state index is 15.7. The van der Waals surface area contributed by atoms with Crippen LogP contribution >= 0.6 is 0 Å². The first kappa shape index (κ1) is 35.0. The molecule has 2 aliphatic heterocycles. The molecule has 0 bridgehead atoms. The highest BCUT2D eigenvalue weighted by atomic mass is 32.2. The van der Waals surface area contributed by atoms with Gasteiger partial charge in [0.05, 0.1) is 44.2 Å². The highest BCUT2D eigenvalue weighted by Crippen LogP contribution is 2.55. The van der Waals surface area contributed by atoms with Crippen LogP contribution in [0.25, 0.3) is 0 Å². The minimum Gasteiger partial charge on any atom is -0.497 e. The zero-order valence-electron chi connectivity index (χ0n) is 28.7. The zero-order chi connectivity index (χ0) is 36.7. The molecule has 3 aromatic carbocycles. The smallest absolute Gasteiger partial charge is 0.407 e. The van der Waals surface area contributed by atoms with Crippen molar-refractivity contribution in [1.29, 1.82) is 5.26 Å². The summed E-state index contributed by atoms with van der Waals surface area (Å²) in [5, 5.41) is 20.8. The molecule has 2 aliphatic rings. The van der Waals surface area contributed by atoms with Gasteiger partial charge in [0.1, 0.15) is 27.6 Å². The van der Waals surface area contributed by atoms with Gasteiger partial charge in [-0.2, -0.15) is 5.26 Å². The molecule has 264 valence electrons. The first-order chi connectivity index (χ1) is 24.4. The number of aromatic nitrogens is 2. The van der Waals surface area contributed by atoms with E-state index in [1.165, 1.54) is 50.6 Å². The second-order valence-electron chi connectivity index (χ2n) is 12.1. The number of benzene rings is 3. The van der Waals surface area contributed by atoms with E-state index >= 15 is 4.79 Å². The summed E-state index contributed by atoms with van der Waals surface area (Å²) in [6, 6.07) is 17.6. The summed E-state index contributed by atoms with van der Waals surface area (Å²) >= 11 is 0. The summed E-state index contributed by atoms with van der Waals surface area (Å²) in [6.45, 7) is 5.59. The highest BCUT2D eigenvalue weighted by Gasteiger charge is 2.64. The van der Waals surface area contributed by atoms with E-state index in [-0.39, 0.29) is 65.0 Å². The minimum atomic E-state index is -4.77. The quantitative estimate of drug-likeness (QED) is 0.261. The molecule has 0 aliphatic carbocycles. The second kappa shape index (κ2) is 13.4. The van der Waals surface area contributed by atoms with E-state index in [0.29, 0.717) is 27.4 Å². The lowest BCUT2D eigenvalue weighted by Crippen LogP contribution is -2.66. The number of amides is 2. The third-order valence-electron chi connectivity index (χ3n) is 9.17. The van der Waals surface area contributed by atoms with E-state index in [9.17, 15) is 23.6 Å². The van der Waals surface area contributed by atoms with Crippen LogP contribution in [0.5, 0.6) is 17.2 Å². The molecule has 0 saturated carbocycles. The van der Waals surface area contributed by atoms with E-state index in [0.717, 1.165) is 4.90 Å². The lowest BCUT2D eigenvalue weighted by atomic mass is 9.68. The number of aryl methyl sites for hydroxylation is 2. The molecule has 4 aromatic rings. The van der Waals surface area contributed by atoms with Crippen molar-refractivity contribution < 1.29 is 37.3 Å².